The molecule has 0 aliphatic heterocycles. The van der Waals surface area contributed by atoms with Crippen LogP contribution in [0, 0.1) is 10.1 Å². The summed E-state index contributed by atoms with van der Waals surface area (Å²) in [6.07, 6.45) is -3.07. The lowest BCUT2D eigenvalue weighted by molar-refractivity contribution is -0.384. The molecule has 4 rings (SSSR count). The Morgan fingerprint density at radius 3 is 2.08 bits per heavy atom. The van der Waals surface area contributed by atoms with Gasteiger partial charge in [0.15, 0.2) is 0 Å². The van der Waals surface area contributed by atoms with E-state index >= 15 is 0 Å². The highest BCUT2D eigenvalue weighted by Crippen LogP contribution is 2.31. The molecule has 0 aliphatic carbocycles. The van der Waals surface area contributed by atoms with Crippen molar-refractivity contribution in [3.8, 4) is 0 Å². The molecular weight excluding hydrogens is 547 g/mol. The number of non-ortho nitro benzene ring substituents is 1. The lowest BCUT2D eigenvalue weighted by Crippen LogP contribution is -2.15. The van der Waals surface area contributed by atoms with Gasteiger partial charge in [0.25, 0.3) is 21.6 Å². The average Bonchev–Trinajstić information content (AvgIpc) is 2.92. The normalized spacial score (nSPS) is 12.0. The van der Waals surface area contributed by atoms with E-state index in [4.69, 9.17) is 0 Å². The van der Waals surface area contributed by atoms with Crippen molar-refractivity contribution < 1.29 is 31.3 Å². The minimum atomic E-state index is -4.63. The van der Waals surface area contributed by atoms with E-state index in [0.29, 0.717) is 17.2 Å². The van der Waals surface area contributed by atoms with E-state index < -0.39 is 32.6 Å². The first-order chi connectivity index (χ1) is 18.9. The van der Waals surface area contributed by atoms with E-state index in [9.17, 15) is 36.5 Å². The van der Waals surface area contributed by atoms with Gasteiger partial charge < -0.3 is 5.32 Å². The number of alkyl halides is 3. The van der Waals surface area contributed by atoms with Gasteiger partial charge in [-0.25, -0.2) is 8.42 Å². The Morgan fingerprint density at radius 1 is 0.825 bits per heavy atom. The highest BCUT2D eigenvalue weighted by atomic mass is 32.2. The molecule has 40 heavy (non-hydrogen) atoms. The van der Waals surface area contributed by atoms with Crippen molar-refractivity contribution in [3.05, 3.63) is 130 Å². The maximum absolute atomic E-state index is 13.2. The number of carbonyl (C=O) groups excluding carboxylic acids is 1. The van der Waals surface area contributed by atoms with Gasteiger partial charge in [0.1, 0.15) is 0 Å². The molecule has 2 N–H and O–H groups in total. The largest absolute Gasteiger partial charge is 0.416 e. The van der Waals surface area contributed by atoms with E-state index in [0.717, 1.165) is 12.1 Å². The fraction of sp³-hybridized carbons (Fsp3) is 0.0357. The second-order valence-corrected chi connectivity index (χ2v) is 10.1. The molecule has 8 nitrogen and oxygen atoms in total. The summed E-state index contributed by atoms with van der Waals surface area (Å²) in [5.41, 5.74) is 0.272. The van der Waals surface area contributed by atoms with Gasteiger partial charge in [0.05, 0.1) is 15.4 Å². The number of anilines is 2. The van der Waals surface area contributed by atoms with Crippen molar-refractivity contribution in [2.75, 3.05) is 10.0 Å². The fourth-order valence-electron chi connectivity index (χ4n) is 3.65. The molecule has 0 atom stereocenters. The van der Waals surface area contributed by atoms with Crippen molar-refractivity contribution in [1.29, 1.82) is 0 Å². The molecule has 0 aromatic heterocycles. The van der Waals surface area contributed by atoms with Crippen LogP contribution in [0.4, 0.5) is 30.2 Å². The van der Waals surface area contributed by atoms with Gasteiger partial charge in [-0.15, -0.1) is 0 Å². The summed E-state index contributed by atoms with van der Waals surface area (Å²) in [7, 11) is -4.22. The van der Waals surface area contributed by atoms with Crippen LogP contribution in [0.5, 0.6) is 0 Å². The predicted octanol–water partition coefficient (Wildman–Crippen LogP) is 6.59. The number of hydrogen-bond donors (Lipinski definition) is 2. The first kappa shape index (κ1) is 28.0. The van der Waals surface area contributed by atoms with Gasteiger partial charge in [-0.05, 0) is 71.8 Å². The Bertz CT molecular complexity index is 1670. The number of nitrogens with one attached hydrogen (secondary N) is 2. The minimum absolute atomic E-state index is 0.0968. The smallest absolute Gasteiger partial charge is 0.322 e. The molecule has 0 fully saturated rings. The Hall–Kier alpha value is -4.97. The van der Waals surface area contributed by atoms with E-state index in [1.165, 1.54) is 54.6 Å². The fourth-order valence-corrected chi connectivity index (χ4v) is 4.70. The summed E-state index contributed by atoms with van der Waals surface area (Å²) in [6.45, 7) is 0. The third-order valence-corrected chi connectivity index (χ3v) is 7.01. The number of amides is 1. The predicted molar refractivity (Wildman–Crippen MR) is 145 cm³/mol. The molecule has 0 aliphatic rings. The molecule has 0 heterocycles. The van der Waals surface area contributed by atoms with Crippen LogP contribution in [0.1, 0.15) is 16.7 Å². The van der Waals surface area contributed by atoms with E-state index in [1.54, 1.807) is 36.4 Å². The number of rotatable bonds is 8. The molecule has 0 saturated carbocycles. The summed E-state index contributed by atoms with van der Waals surface area (Å²) in [4.78, 5) is 23.4. The molecule has 0 radical (unpaired) electrons. The lowest BCUT2D eigenvalue weighted by atomic mass is 10.0. The van der Waals surface area contributed by atoms with Crippen molar-refractivity contribution in [3.63, 3.8) is 0 Å². The molecule has 0 unspecified atom stereocenters. The summed E-state index contributed by atoms with van der Waals surface area (Å²) in [5.74, 6) is -0.526. The molecule has 4 aromatic carbocycles. The van der Waals surface area contributed by atoms with Crippen molar-refractivity contribution in [2.24, 2.45) is 0 Å². The summed E-state index contributed by atoms with van der Waals surface area (Å²) in [6, 6.07) is 23.2. The highest BCUT2D eigenvalue weighted by molar-refractivity contribution is 7.92. The molecule has 204 valence electrons. The number of benzene rings is 4. The lowest BCUT2D eigenvalue weighted by Gasteiger charge is -2.12. The summed E-state index contributed by atoms with van der Waals surface area (Å²) in [5, 5.41) is 13.6. The van der Waals surface area contributed by atoms with Crippen LogP contribution in [-0.4, -0.2) is 19.2 Å². The topological polar surface area (TPSA) is 118 Å². The molecule has 0 bridgehead atoms. The second kappa shape index (κ2) is 11.4. The molecular formula is C28H20F3N3O5S. The zero-order chi connectivity index (χ0) is 28.9. The van der Waals surface area contributed by atoms with Crippen LogP contribution in [0.2, 0.25) is 0 Å². The quantitative estimate of drug-likeness (QED) is 0.108. The minimum Gasteiger partial charge on any atom is -0.322 e. The third-order valence-electron chi connectivity index (χ3n) is 5.61. The van der Waals surface area contributed by atoms with Crippen molar-refractivity contribution >= 4 is 44.6 Å². The Labute approximate surface area is 227 Å². The molecule has 0 saturated heterocycles. The molecule has 1 amide bonds. The molecule has 12 heteroatoms. The van der Waals surface area contributed by atoms with E-state index in [-0.39, 0.29) is 27.5 Å². The van der Waals surface area contributed by atoms with Crippen molar-refractivity contribution in [1.82, 2.24) is 0 Å². The summed E-state index contributed by atoms with van der Waals surface area (Å²) < 4.78 is 66.5. The van der Waals surface area contributed by atoms with Gasteiger partial charge >= 0.3 is 6.18 Å². The van der Waals surface area contributed by atoms with Gasteiger partial charge in [0, 0.05) is 29.1 Å². The monoisotopic (exact) mass is 567 g/mol. The molecule has 4 aromatic rings. The first-order valence-corrected chi connectivity index (χ1v) is 13.0. The van der Waals surface area contributed by atoms with Crippen LogP contribution in [0.25, 0.3) is 11.6 Å². The third kappa shape index (κ3) is 6.91. The zero-order valence-corrected chi connectivity index (χ0v) is 21.2. The number of nitro benzene ring substituents is 1. The SMILES string of the molecule is O=C(Nc1ccc(S(=O)(=O)Nc2cccc(C(F)(F)F)c2)cc1)/C(=C/c1ccc([N+](=O)[O-])cc1)c1ccccc1. The zero-order valence-electron chi connectivity index (χ0n) is 20.4. The van der Waals surface area contributed by atoms with Gasteiger partial charge in [-0.1, -0.05) is 36.4 Å². The van der Waals surface area contributed by atoms with Crippen LogP contribution >= 0.6 is 0 Å². The second-order valence-electron chi connectivity index (χ2n) is 8.44. The highest BCUT2D eigenvalue weighted by Gasteiger charge is 2.30. The summed E-state index contributed by atoms with van der Waals surface area (Å²) >= 11 is 0. The number of hydrogen-bond acceptors (Lipinski definition) is 5. The van der Waals surface area contributed by atoms with Crippen LogP contribution < -0.4 is 10.0 Å². The first-order valence-electron chi connectivity index (χ1n) is 11.6. The average molecular weight is 568 g/mol. The standard InChI is InChI=1S/C28H20F3N3O5S/c29-28(30,31)21-7-4-8-23(18-21)33-40(38,39)25-15-11-22(12-16-25)32-27(35)26(20-5-2-1-3-6-20)17-19-9-13-24(14-10-19)34(36)37/h1-18,33H,(H,32,35)/b26-17+. The maximum Gasteiger partial charge on any atom is 0.416 e. The number of nitro groups is 1. The number of sulfonamides is 1. The number of halogens is 3. The van der Waals surface area contributed by atoms with E-state index in [2.05, 4.69) is 10.0 Å². The maximum atomic E-state index is 13.2. The van der Waals surface area contributed by atoms with Crippen LogP contribution in [0.3, 0.4) is 0 Å². The Morgan fingerprint density at radius 2 is 1.48 bits per heavy atom. The van der Waals surface area contributed by atoms with Gasteiger partial charge in [-0.3, -0.25) is 19.6 Å². The Kier molecular flexibility index (Phi) is 8.00. The van der Waals surface area contributed by atoms with Crippen molar-refractivity contribution in [2.45, 2.75) is 11.1 Å². The van der Waals surface area contributed by atoms with Crippen LogP contribution in [-0.2, 0) is 21.0 Å². The van der Waals surface area contributed by atoms with E-state index in [1.807, 2.05) is 0 Å². The number of nitrogens with zero attached hydrogens (tertiary/aromatic N) is 1. The number of carbonyl (C=O) groups is 1. The van der Waals surface area contributed by atoms with Gasteiger partial charge in [0.2, 0.25) is 0 Å². The van der Waals surface area contributed by atoms with Gasteiger partial charge in [-0.2, -0.15) is 13.2 Å². The van der Waals surface area contributed by atoms with Crippen LogP contribution in [0.15, 0.2) is 108 Å². The molecule has 0 spiro atoms. The Balaban J connectivity index is 1.54.